The second kappa shape index (κ2) is 9.54. The van der Waals surface area contributed by atoms with E-state index in [1.807, 2.05) is 0 Å². The minimum Gasteiger partial charge on any atom is -0.494 e. The van der Waals surface area contributed by atoms with Crippen LogP contribution >= 0.6 is 0 Å². The first-order valence-electron chi connectivity index (χ1n) is 9.36. The van der Waals surface area contributed by atoms with Gasteiger partial charge in [0.1, 0.15) is 11.9 Å². The predicted octanol–water partition coefficient (Wildman–Crippen LogP) is 2.78. The molecule has 14 heteroatoms. The highest BCUT2D eigenvalue weighted by Crippen LogP contribution is 2.32. The largest absolute Gasteiger partial charge is 0.494 e. The number of ether oxygens (including phenoxy) is 3. The zero-order valence-corrected chi connectivity index (χ0v) is 18.9. The van der Waals surface area contributed by atoms with Crippen molar-refractivity contribution >= 4 is 21.9 Å². The Morgan fingerprint density at radius 2 is 1.70 bits per heavy atom. The topological polar surface area (TPSA) is 138 Å². The van der Waals surface area contributed by atoms with Crippen molar-refractivity contribution in [2.24, 2.45) is 7.05 Å². The van der Waals surface area contributed by atoms with Gasteiger partial charge < -0.3 is 19.5 Å². The Labute approximate surface area is 188 Å². The van der Waals surface area contributed by atoms with Gasteiger partial charge in [0.15, 0.2) is 34.7 Å². The average molecular weight is 485 g/mol. The number of halogens is 2. The molecule has 0 amide bonds. The van der Waals surface area contributed by atoms with Crippen LogP contribution in [0, 0.1) is 11.6 Å². The van der Waals surface area contributed by atoms with Crippen molar-refractivity contribution in [3.05, 3.63) is 47.4 Å². The molecule has 0 saturated carbocycles. The molecule has 2 N–H and O–H groups in total. The summed E-state index contributed by atoms with van der Waals surface area (Å²) >= 11 is 0. The number of aryl methyl sites for hydroxylation is 1. The summed E-state index contributed by atoms with van der Waals surface area (Å²) < 4.78 is 77.3. The monoisotopic (exact) mass is 485 g/mol. The van der Waals surface area contributed by atoms with Gasteiger partial charge in [0.2, 0.25) is 5.95 Å². The van der Waals surface area contributed by atoms with E-state index in [1.165, 1.54) is 51.3 Å². The molecular weight excluding hydrogens is 464 g/mol. The van der Waals surface area contributed by atoms with E-state index in [9.17, 15) is 21.8 Å². The van der Waals surface area contributed by atoms with Gasteiger partial charge in [-0.1, -0.05) is 0 Å². The third kappa shape index (κ3) is 5.28. The van der Waals surface area contributed by atoms with Crippen LogP contribution in [0.5, 0.6) is 17.2 Å². The van der Waals surface area contributed by atoms with E-state index in [-0.39, 0.29) is 40.3 Å². The third-order valence-electron chi connectivity index (χ3n) is 4.70. The van der Waals surface area contributed by atoms with Gasteiger partial charge in [0.25, 0.3) is 10.1 Å². The lowest BCUT2D eigenvalue weighted by molar-refractivity contribution is 0.280. The van der Waals surface area contributed by atoms with Crippen LogP contribution in [0.3, 0.4) is 0 Å². The van der Waals surface area contributed by atoms with Gasteiger partial charge in [0, 0.05) is 19.2 Å². The van der Waals surface area contributed by atoms with Crippen LogP contribution < -0.4 is 19.5 Å². The second-order valence-electron chi connectivity index (χ2n) is 6.78. The fraction of sp³-hybridized carbons (Fsp3) is 0.316. The van der Waals surface area contributed by atoms with E-state index < -0.39 is 33.6 Å². The molecule has 11 nitrogen and oxygen atoms in total. The first kappa shape index (κ1) is 24.1. The van der Waals surface area contributed by atoms with Gasteiger partial charge in [0.05, 0.1) is 37.9 Å². The van der Waals surface area contributed by atoms with E-state index in [0.717, 1.165) is 6.07 Å². The lowest BCUT2D eigenvalue weighted by Gasteiger charge is -2.13. The van der Waals surface area contributed by atoms with Gasteiger partial charge >= 0.3 is 0 Å². The Morgan fingerprint density at radius 1 is 1.12 bits per heavy atom. The Kier molecular flexibility index (Phi) is 6.98. The quantitative estimate of drug-likeness (QED) is 0.435. The molecule has 0 aliphatic heterocycles. The molecule has 0 aliphatic carbocycles. The van der Waals surface area contributed by atoms with Crippen LogP contribution in [0.2, 0.25) is 0 Å². The fourth-order valence-electron chi connectivity index (χ4n) is 2.86. The molecule has 1 aromatic carbocycles. The highest BCUT2D eigenvalue weighted by atomic mass is 32.2. The molecule has 0 saturated heterocycles. The van der Waals surface area contributed by atoms with Crippen molar-refractivity contribution in [2.45, 2.75) is 18.8 Å². The molecule has 0 fully saturated rings. The second-order valence-corrected chi connectivity index (χ2v) is 8.52. The Hall–Kier alpha value is -3.52. The van der Waals surface area contributed by atoms with Gasteiger partial charge in [-0.3, -0.25) is 9.23 Å². The zero-order chi connectivity index (χ0) is 24.3. The summed E-state index contributed by atoms with van der Waals surface area (Å²) in [5.41, 5.74) is -0.139. The molecule has 0 aliphatic rings. The maximum absolute atomic E-state index is 14.4. The van der Waals surface area contributed by atoms with E-state index in [1.54, 1.807) is 0 Å². The van der Waals surface area contributed by atoms with Crippen LogP contribution in [-0.2, 0) is 23.8 Å². The number of hydrogen-bond acceptors (Lipinski definition) is 9. The Morgan fingerprint density at radius 3 is 2.21 bits per heavy atom. The molecular formula is C19H21F2N5O6S. The van der Waals surface area contributed by atoms with E-state index in [0.29, 0.717) is 0 Å². The number of benzene rings is 1. The molecule has 0 spiro atoms. The lowest BCUT2D eigenvalue weighted by Crippen LogP contribution is -2.12. The molecule has 0 bridgehead atoms. The molecule has 3 rings (SSSR count). The zero-order valence-electron chi connectivity index (χ0n) is 18.0. The number of nitrogens with zero attached hydrogens (tertiary/aromatic N) is 4. The average Bonchev–Trinajstić information content (AvgIpc) is 3.13. The Bertz CT molecular complexity index is 1220. The summed E-state index contributed by atoms with van der Waals surface area (Å²) in [4.78, 5) is 8.06. The standard InChI is InChI=1S/C19H21F2N5O6S/c1-10(33(27,28)29)13-5-16(25-26(13)2)24-19-22-7-11(8-23-19)32-9-12-17(20)14(30-3)6-15(31-4)18(12)21/h5-8,10H,9H2,1-4H3,(H,27,28,29)(H,22,23,24,25). The van der Waals surface area contributed by atoms with Crippen LogP contribution in [0.4, 0.5) is 20.5 Å². The molecule has 1 unspecified atom stereocenters. The minimum absolute atomic E-state index is 0.104. The predicted molar refractivity (Wildman–Crippen MR) is 112 cm³/mol. The highest BCUT2D eigenvalue weighted by Gasteiger charge is 2.24. The van der Waals surface area contributed by atoms with Gasteiger partial charge in [-0.25, -0.2) is 18.7 Å². The van der Waals surface area contributed by atoms with Crippen LogP contribution in [0.1, 0.15) is 23.4 Å². The van der Waals surface area contributed by atoms with Crippen molar-refractivity contribution in [3.63, 3.8) is 0 Å². The molecule has 178 valence electrons. The summed E-state index contributed by atoms with van der Waals surface area (Å²) in [6.45, 7) is 0.848. The first-order chi connectivity index (χ1) is 15.5. The van der Waals surface area contributed by atoms with Crippen LogP contribution in [0.25, 0.3) is 0 Å². The van der Waals surface area contributed by atoms with E-state index >= 15 is 0 Å². The smallest absolute Gasteiger partial charge is 0.273 e. The molecule has 33 heavy (non-hydrogen) atoms. The van der Waals surface area contributed by atoms with Crippen molar-refractivity contribution in [1.82, 2.24) is 19.7 Å². The summed E-state index contributed by atoms with van der Waals surface area (Å²) in [6, 6.07) is 2.52. The number of hydrogen-bond donors (Lipinski definition) is 2. The molecule has 2 heterocycles. The summed E-state index contributed by atoms with van der Waals surface area (Å²) in [6.07, 6.45) is 2.54. The number of methoxy groups -OCH3 is 2. The van der Waals surface area contributed by atoms with Crippen molar-refractivity contribution in [1.29, 1.82) is 0 Å². The van der Waals surface area contributed by atoms with Gasteiger partial charge in [-0.15, -0.1) is 0 Å². The summed E-state index contributed by atoms with van der Waals surface area (Å²) in [7, 11) is -0.286. The number of rotatable bonds is 9. The first-order valence-corrected chi connectivity index (χ1v) is 10.9. The minimum atomic E-state index is -4.29. The van der Waals surface area contributed by atoms with E-state index in [2.05, 4.69) is 20.4 Å². The molecule has 3 aromatic rings. The van der Waals surface area contributed by atoms with Crippen molar-refractivity contribution in [3.8, 4) is 17.2 Å². The maximum atomic E-state index is 14.4. The van der Waals surface area contributed by atoms with Crippen LogP contribution in [0.15, 0.2) is 24.5 Å². The SMILES string of the molecule is COc1cc(OC)c(F)c(COc2cnc(Nc3cc(C(C)S(=O)(=O)O)n(C)n3)nc2)c1F. The molecule has 2 aromatic heterocycles. The third-order valence-corrected chi connectivity index (χ3v) is 5.83. The van der Waals surface area contributed by atoms with Crippen molar-refractivity contribution < 1.29 is 36.0 Å². The number of anilines is 2. The molecule has 1 atom stereocenters. The van der Waals surface area contributed by atoms with Crippen molar-refractivity contribution in [2.75, 3.05) is 19.5 Å². The van der Waals surface area contributed by atoms with Gasteiger partial charge in [-0.05, 0) is 6.92 Å². The summed E-state index contributed by atoms with van der Waals surface area (Å²) in [5, 5.41) is 5.70. The maximum Gasteiger partial charge on any atom is 0.273 e. The van der Waals surface area contributed by atoms with Gasteiger partial charge in [-0.2, -0.15) is 13.5 Å². The number of nitrogens with one attached hydrogen (secondary N) is 1. The highest BCUT2D eigenvalue weighted by molar-refractivity contribution is 7.86. The Balaban J connectivity index is 1.71. The lowest BCUT2D eigenvalue weighted by atomic mass is 10.1. The molecule has 0 radical (unpaired) electrons. The summed E-state index contributed by atoms with van der Waals surface area (Å²) in [5.74, 6) is -1.75. The van der Waals surface area contributed by atoms with Crippen LogP contribution in [-0.4, -0.2) is 46.9 Å². The fourth-order valence-corrected chi connectivity index (χ4v) is 3.39. The van der Waals surface area contributed by atoms with E-state index in [4.69, 9.17) is 14.2 Å². The normalized spacial score (nSPS) is 12.3. The number of aromatic nitrogens is 4.